The minimum atomic E-state index is -0.845. The lowest BCUT2D eigenvalue weighted by molar-refractivity contribution is -0.136. The van der Waals surface area contributed by atoms with Gasteiger partial charge in [-0.1, -0.05) is 13.0 Å². The van der Waals surface area contributed by atoms with Crippen molar-refractivity contribution in [2.45, 2.75) is 19.8 Å². The zero-order chi connectivity index (χ0) is 12.1. The Morgan fingerprint density at radius 3 is 2.75 bits per heavy atom. The van der Waals surface area contributed by atoms with Crippen LogP contribution in [0.15, 0.2) is 18.2 Å². The molecule has 0 heterocycles. The fourth-order valence-corrected chi connectivity index (χ4v) is 2.07. The third kappa shape index (κ3) is 3.92. The highest BCUT2D eigenvalue weighted by molar-refractivity contribution is 14.1. The van der Waals surface area contributed by atoms with E-state index in [0.717, 1.165) is 21.0 Å². The van der Waals surface area contributed by atoms with Gasteiger partial charge in [0.25, 0.3) is 0 Å². The lowest BCUT2D eigenvalue weighted by Crippen LogP contribution is -2.08. The molecule has 0 aliphatic heterocycles. The number of hydrogen-bond acceptors (Lipinski definition) is 2. The molecule has 0 amide bonds. The zero-order valence-corrected chi connectivity index (χ0v) is 11.1. The number of rotatable bonds is 5. The molecule has 0 saturated carbocycles. The Labute approximate surface area is 108 Å². The molecule has 0 aliphatic rings. The average Bonchev–Trinajstić information content (AvgIpc) is 2.21. The molecule has 0 saturated heterocycles. The van der Waals surface area contributed by atoms with Crippen molar-refractivity contribution < 1.29 is 14.7 Å². The van der Waals surface area contributed by atoms with Gasteiger partial charge in [0.1, 0.15) is 6.29 Å². The second kappa shape index (κ2) is 5.98. The van der Waals surface area contributed by atoms with Crippen LogP contribution < -0.4 is 0 Å². The van der Waals surface area contributed by atoms with E-state index in [9.17, 15) is 9.59 Å². The van der Waals surface area contributed by atoms with E-state index in [1.165, 1.54) is 0 Å². The summed E-state index contributed by atoms with van der Waals surface area (Å²) in [6.07, 6.45) is 1.50. The molecule has 0 aliphatic carbocycles. The lowest BCUT2D eigenvalue weighted by atomic mass is 9.96. The van der Waals surface area contributed by atoms with Gasteiger partial charge in [-0.05, 0) is 52.3 Å². The second-order valence-electron chi connectivity index (χ2n) is 3.80. The summed E-state index contributed by atoms with van der Waals surface area (Å²) in [5.74, 6) is -0.922. The largest absolute Gasteiger partial charge is 0.481 e. The molecule has 4 heteroatoms. The number of halogens is 1. The molecule has 1 aromatic carbocycles. The minimum Gasteiger partial charge on any atom is -0.481 e. The highest BCUT2D eigenvalue weighted by atomic mass is 127. The first kappa shape index (κ1) is 13.2. The van der Waals surface area contributed by atoms with Crippen molar-refractivity contribution in [2.24, 2.45) is 5.92 Å². The molecular formula is C12H13IO3. The number of aldehydes is 1. The van der Waals surface area contributed by atoms with Crippen molar-refractivity contribution in [3.05, 3.63) is 32.9 Å². The van der Waals surface area contributed by atoms with E-state index in [2.05, 4.69) is 22.6 Å². The fourth-order valence-electron chi connectivity index (χ4n) is 1.52. The number of carbonyl (C=O) groups excluding carboxylic acids is 1. The van der Waals surface area contributed by atoms with E-state index < -0.39 is 5.97 Å². The van der Waals surface area contributed by atoms with Crippen molar-refractivity contribution in [3.63, 3.8) is 0 Å². The molecule has 0 radical (unpaired) electrons. The molecule has 0 bridgehead atoms. The van der Waals surface area contributed by atoms with E-state index in [1.54, 1.807) is 0 Å². The second-order valence-corrected chi connectivity index (χ2v) is 5.05. The van der Waals surface area contributed by atoms with E-state index in [-0.39, 0.29) is 12.3 Å². The average molecular weight is 332 g/mol. The number of aliphatic carboxylic acids is 1. The number of carboxylic acids is 1. The van der Waals surface area contributed by atoms with Crippen LogP contribution in [0.3, 0.4) is 0 Å². The molecule has 16 heavy (non-hydrogen) atoms. The summed E-state index contributed by atoms with van der Waals surface area (Å²) in [5.41, 5.74) is 1.75. The SMILES string of the molecule is CC(C=O)Cc1ccc(I)cc1CC(=O)O. The maximum absolute atomic E-state index is 10.7. The maximum atomic E-state index is 10.7. The minimum absolute atomic E-state index is 0.0117. The van der Waals surface area contributed by atoms with Crippen LogP contribution in [-0.4, -0.2) is 17.4 Å². The predicted molar refractivity (Wildman–Crippen MR) is 69.4 cm³/mol. The Balaban J connectivity index is 2.97. The normalized spacial score (nSPS) is 12.1. The number of carboxylic acid groups (broad SMARTS) is 1. The molecule has 3 nitrogen and oxygen atoms in total. The van der Waals surface area contributed by atoms with E-state index in [0.29, 0.717) is 6.42 Å². The van der Waals surface area contributed by atoms with Gasteiger partial charge >= 0.3 is 5.97 Å². The van der Waals surface area contributed by atoms with Gasteiger partial charge in [0, 0.05) is 9.49 Å². The van der Waals surface area contributed by atoms with Gasteiger partial charge in [0.15, 0.2) is 0 Å². The molecule has 1 aromatic rings. The standard InChI is InChI=1S/C12H13IO3/c1-8(7-14)4-9-2-3-11(13)5-10(9)6-12(15)16/h2-3,5,7-8H,4,6H2,1H3,(H,15,16). The van der Waals surface area contributed by atoms with Crippen LogP contribution in [0, 0.1) is 9.49 Å². The zero-order valence-electron chi connectivity index (χ0n) is 8.94. The number of benzene rings is 1. The van der Waals surface area contributed by atoms with Crippen molar-refractivity contribution in [2.75, 3.05) is 0 Å². The first-order valence-corrected chi connectivity index (χ1v) is 6.05. The van der Waals surface area contributed by atoms with Gasteiger partial charge < -0.3 is 9.90 Å². The topological polar surface area (TPSA) is 54.4 Å². The van der Waals surface area contributed by atoms with Crippen LogP contribution in [-0.2, 0) is 22.4 Å². The van der Waals surface area contributed by atoms with Gasteiger partial charge in [-0.25, -0.2) is 0 Å². The maximum Gasteiger partial charge on any atom is 0.307 e. The molecule has 86 valence electrons. The lowest BCUT2D eigenvalue weighted by Gasteiger charge is -2.10. The summed E-state index contributed by atoms with van der Waals surface area (Å²) in [4.78, 5) is 21.3. The Bertz CT molecular complexity index is 401. The third-order valence-electron chi connectivity index (χ3n) is 2.28. The molecule has 1 unspecified atom stereocenters. The van der Waals surface area contributed by atoms with Crippen molar-refractivity contribution >= 4 is 34.8 Å². The van der Waals surface area contributed by atoms with Gasteiger partial charge in [-0.3, -0.25) is 4.79 Å². The highest BCUT2D eigenvalue weighted by Crippen LogP contribution is 2.17. The van der Waals surface area contributed by atoms with Gasteiger partial charge in [-0.2, -0.15) is 0 Å². The monoisotopic (exact) mass is 332 g/mol. The van der Waals surface area contributed by atoms with Gasteiger partial charge in [-0.15, -0.1) is 0 Å². The predicted octanol–water partition coefficient (Wildman–Crippen LogP) is 2.30. The molecule has 1 rings (SSSR count). The Morgan fingerprint density at radius 1 is 1.50 bits per heavy atom. The summed E-state index contributed by atoms with van der Waals surface area (Å²) < 4.78 is 1.01. The summed E-state index contributed by atoms with van der Waals surface area (Å²) in [5, 5.41) is 8.80. The summed E-state index contributed by atoms with van der Waals surface area (Å²) in [7, 11) is 0. The molecular weight excluding hydrogens is 319 g/mol. The van der Waals surface area contributed by atoms with E-state index >= 15 is 0 Å². The van der Waals surface area contributed by atoms with Gasteiger partial charge in [0.05, 0.1) is 6.42 Å². The van der Waals surface area contributed by atoms with E-state index in [4.69, 9.17) is 5.11 Å². The number of carbonyl (C=O) groups is 2. The van der Waals surface area contributed by atoms with Crippen LogP contribution >= 0.6 is 22.6 Å². The quantitative estimate of drug-likeness (QED) is 0.665. The number of hydrogen-bond donors (Lipinski definition) is 1. The molecule has 0 spiro atoms. The third-order valence-corrected chi connectivity index (χ3v) is 2.96. The Hall–Kier alpha value is -0.910. The fraction of sp³-hybridized carbons (Fsp3) is 0.333. The summed E-state index contributed by atoms with van der Waals surface area (Å²) in [6.45, 7) is 1.83. The summed E-state index contributed by atoms with van der Waals surface area (Å²) >= 11 is 2.15. The van der Waals surface area contributed by atoms with Crippen molar-refractivity contribution in [3.8, 4) is 0 Å². The van der Waals surface area contributed by atoms with Crippen LogP contribution in [0.25, 0.3) is 0 Å². The first-order valence-electron chi connectivity index (χ1n) is 4.97. The van der Waals surface area contributed by atoms with Crippen LogP contribution in [0.1, 0.15) is 18.1 Å². The molecule has 1 N–H and O–H groups in total. The Morgan fingerprint density at radius 2 is 2.19 bits per heavy atom. The molecule has 0 aromatic heterocycles. The van der Waals surface area contributed by atoms with E-state index in [1.807, 2.05) is 25.1 Å². The summed E-state index contributed by atoms with van der Waals surface area (Å²) in [6, 6.07) is 5.69. The van der Waals surface area contributed by atoms with Gasteiger partial charge in [0.2, 0.25) is 0 Å². The molecule has 1 atom stereocenters. The molecule has 0 fully saturated rings. The Kier molecular flexibility index (Phi) is 4.92. The first-order chi connectivity index (χ1) is 7.52. The highest BCUT2D eigenvalue weighted by Gasteiger charge is 2.10. The van der Waals surface area contributed by atoms with Crippen molar-refractivity contribution in [1.29, 1.82) is 0 Å². The van der Waals surface area contributed by atoms with Crippen LogP contribution in [0.5, 0.6) is 0 Å². The smallest absolute Gasteiger partial charge is 0.307 e. The van der Waals surface area contributed by atoms with Crippen LogP contribution in [0.2, 0.25) is 0 Å². The van der Waals surface area contributed by atoms with Crippen LogP contribution in [0.4, 0.5) is 0 Å². The van der Waals surface area contributed by atoms with Crippen molar-refractivity contribution in [1.82, 2.24) is 0 Å².